The van der Waals surface area contributed by atoms with Gasteiger partial charge in [-0.3, -0.25) is 0 Å². The van der Waals surface area contributed by atoms with E-state index in [0.29, 0.717) is 0 Å². The quantitative estimate of drug-likeness (QED) is 0.157. The van der Waals surface area contributed by atoms with Crippen molar-refractivity contribution in [3.63, 3.8) is 0 Å². The Hall–Kier alpha value is -7.56. The predicted molar refractivity (Wildman–Crippen MR) is 274 cm³/mol. The van der Waals surface area contributed by atoms with Crippen LogP contribution >= 0.6 is 22.7 Å². The number of fused-ring (bicyclic) bond motifs is 9. The second-order valence-corrected chi connectivity index (χ2v) is 18.7. The number of para-hydroxylation sites is 1. The number of nitrogens with zero attached hydrogens (tertiary/aromatic N) is 1. The van der Waals surface area contributed by atoms with Crippen LogP contribution in [0.1, 0.15) is 0 Å². The van der Waals surface area contributed by atoms with Crippen LogP contribution in [0.4, 0.5) is 0 Å². The monoisotopic (exact) mass is 835 g/mol. The van der Waals surface area contributed by atoms with Gasteiger partial charge in [0.25, 0.3) is 0 Å². The van der Waals surface area contributed by atoms with E-state index in [2.05, 4.69) is 229 Å². The molecule has 0 aliphatic rings. The molecule has 0 saturated heterocycles. The van der Waals surface area contributed by atoms with Crippen LogP contribution in [0.15, 0.2) is 224 Å². The Kier molecular flexibility index (Phi) is 8.33. The Bertz CT molecular complexity index is 3890. The molecule has 0 unspecified atom stereocenters. The predicted octanol–water partition coefficient (Wildman–Crippen LogP) is 17.9. The zero-order valence-electron chi connectivity index (χ0n) is 34.1. The first-order chi connectivity index (χ1) is 31.2. The third kappa shape index (κ3) is 6.12. The van der Waals surface area contributed by atoms with Crippen molar-refractivity contribution in [1.29, 1.82) is 0 Å². The Morgan fingerprint density at radius 2 is 0.587 bits per heavy atom. The average Bonchev–Trinajstić information content (AvgIpc) is 4.03. The van der Waals surface area contributed by atoms with Crippen molar-refractivity contribution in [3.05, 3.63) is 224 Å². The molecule has 1 nitrogen and oxygen atoms in total. The van der Waals surface area contributed by atoms with Gasteiger partial charge in [0.1, 0.15) is 0 Å². The lowest BCUT2D eigenvalue weighted by molar-refractivity contribution is 1.19. The first-order valence-corrected chi connectivity index (χ1v) is 23.1. The summed E-state index contributed by atoms with van der Waals surface area (Å²) in [6, 6.07) is 82.9. The summed E-state index contributed by atoms with van der Waals surface area (Å²) in [7, 11) is 0. The van der Waals surface area contributed by atoms with E-state index in [1.165, 1.54) is 123 Å². The molecule has 0 amide bonds. The molecule has 3 heterocycles. The molecule has 0 radical (unpaired) electrons. The van der Waals surface area contributed by atoms with Crippen LogP contribution in [0.25, 0.3) is 123 Å². The molecule has 0 fully saturated rings. The summed E-state index contributed by atoms with van der Waals surface area (Å²) >= 11 is 3.75. The highest BCUT2D eigenvalue weighted by Crippen LogP contribution is 2.43. The van der Waals surface area contributed by atoms with E-state index >= 15 is 0 Å². The normalized spacial score (nSPS) is 11.8. The average molecular weight is 836 g/mol. The fourth-order valence-electron chi connectivity index (χ4n) is 9.65. The standard InChI is InChI=1S/C60H37NS2/c1-3-10-38(11-4-1)40-18-20-41(21-19-40)42-14-9-15-43(32-42)45-23-28-57-51(34-45)52-35-46(24-29-58(52)62-57)47-25-30-59-53(36-47)54-37-48(26-31-60(54)63-59)61-55-17-8-7-16-49(55)50-33-44(22-27-56(50)61)39-12-5-2-6-13-39/h1-37H. The van der Waals surface area contributed by atoms with E-state index in [4.69, 9.17) is 0 Å². The summed E-state index contributed by atoms with van der Waals surface area (Å²) in [4.78, 5) is 0. The molecule has 0 bridgehead atoms. The molecule has 13 rings (SSSR count). The molecule has 0 N–H and O–H groups in total. The van der Waals surface area contributed by atoms with E-state index in [0.717, 1.165) is 0 Å². The Morgan fingerprint density at radius 1 is 0.222 bits per heavy atom. The Labute approximate surface area is 373 Å². The fourth-order valence-corrected chi connectivity index (χ4v) is 11.8. The summed E-state index contributed by atoms with van der Waals surface area (Å²) in [5, 5.41) is 7.74. The SMILES string of the molecule is c1ccc(-c2ccc(-c3cccc(-c4ccc5sc6ccc(-c7ccc8sc9ccc(-n%10c%11ccccc%11c%11cc(-c%12ccccc%12)ccc%11%10)cc9c8c7)cc6c5c4)c3)cc2)cc1. The smallest absolute Gasteiger partial charge is 0.0541 e. The van der Waals surface area contributed by atoms with Crippen LogP contribution in [-0.2, 0) is 0 Å². The van der Waals surface area contributed by atoms with Crippen molar-refractivity contribution >= 4 is 84.8 Å². The Balaban J connectivity index is 0.869. The van der Waals surface area contributed by atoms with Gasteiger partial charge in [0.05, 0.1) is 11.0 Å². The topological polar surface area (TPSA) is 4.93 Å². The number of thiophene rings is 2. The van der Waals surface area contributed by atoms with E-state index < -0.39 is 0 Å². The highest BCUT2D eigenvalue weighted by atomic mass is 32.1. The van der Waals surface area contributed by atoms with Gasteiger partial charge in [-0.1, -0.05) is 146 Å². The summed E-state index contributed by atoms with van der Waals surface area (Å²) in [6.07, 6.45) is 0. The molecule has 3 aromatic heterocycles. The third-order valence-corrected chi connectivity index (χ3v) is 15.1. The van der Waals surface area contributed by atoms with Gasteiger partial charge in [0.2, 0.25) is 0 Å². The van der Waals surface area contributed by atoms with Crippen LogP contribution in [0.2, 0.25) is 0 Å². The lowest BCUT2D eigenvalue weighted by Gasteiger charge is -2.09. The minimum atomic E-state index is 1.18. The van der Waals surface area contributed by atoms with Crippen LogP contribution in [-0.4, -0.2) is 4.57 Å². The van der Waals surface area contributed by atoms with Crippen LogP contribution in [0, 0.1) is 0 Å². The Morgan fingerprint density at radius 3 is 1.19 bits per heavy atom. The van der Waals surface area contributed by atoms with Gasteiger partial charge in [-0.2, -0.15) is 0 Å². The molecular formula is C60H37NS2. The van der Waals surface area contributed by atoms with Crippen molar-refractivity contribution < 1.29 is 0 Å². The zero-order chi connectivity index (χ0) is 41.4. The first-order valence-electron chi connectivity index (χ1n) is 21.5. The van der Waals surface area contributed by atoms with Gasteiger partial charge in [-0.25, -0.2) is 0 Å². The second kappa shape index (κ2) is 14.5. The molecular weight excluding hydrogens is 799 g/mol. The summed E-state index contributed by atoms with van der Waals surface area (Å²) in [5.74, 6) is 0. The summed E-state index contributed by atoms with van der Waals surface area (Å²) < 4.78 is 7.67. The van der Waals surface area contributed by atoms with Crippen molar-refractivity contribution in [1.82, 2.24) is 4.57 Å². The largest absolute Gasteiger partial charge is 0.309 e. The first kappa shape index (κ1) is 36.1. The number of aromatic nitrogens is 1. The van der Waals surface area contributed by atoms with Crippen molar-refractivity contribution in [3.8, 4) is 61.3 Å². The van der Waals surface area contributed by atoms with Gasteiger partial charge in [0, 0.05) is 56.8 Å². The molecule has 10 aromatic carbocycles. The van der Waals surface area contributed by atoms with E-state index in [1.54, 1.807) is 0 Å². The molecule has 0 saturated carbocycles. The molecule has 0 spiro atoms. The minimum Gasteiger partial charge on any atom is -0.309 e. The van der Waals surface area contributed by atoms with Crippen LogP contribution < -0.4 is 0 Å². The van der Waals surface area contributed by atoms with Gasteiger partial charge in [-0.15, -0.1) is 22.7 Å². The molecule has 294 valence electrons. The maximum Gasteiger partial charge on any atom is 0.0541 e. The minimum absolute atomic E-state index is 1.18. The fraction of sp³-hybridized carbons (Fsp3) is 0. The lowest BCUT2D eigenvalue weighted by atomic mass is 9.96. The lowest BCUT2D eigenvalue weighted by Crippen LogP contribution is -1.93. The van der Waals surface area contributed by atoms with Gasteiger partial charge in [-0.05, 0) is 134 Å². The number of hydrogen-bond acceptors (Lipinski definition) is 2. The molecule has 0 aliphatic heterocycles. The van der Waals surface area contributed by atoms with E-state index in [-0.39, 0.29) is 0 Å². The molecule has 13 aromatic rings. The highest BCUT2D eigenvalue weighted by Gasteiger charge is 2.16. The second-order valence-electron chi connectivity index (χ2n) is 16.5. The molecule has 3 heteroatoms. The maximum atomic E-state index is 2.44. The van der Waals surface area contributed by atoms with Crippen LogP contribution in [0.5, 0.6) is 0 Å². The van der Waals surface area contributed by atoms with Crippen molar-refractivity contribution in [2.24, 2.45) is 0 Å². The van der Waals surface area contributed by atoms with Gasteiger partial charge < -0.3 is 4.57 Å². The summed E-state index contributed by atoms with van der Waals surface area (Å²) in [6.45, 7) is 0. The number of benzene rings is 10. The molecule has 0 atom stereocenters. The van der Waals surface area contributed by atoms with E-state index in [9.17, 15) is 0 Å². The number of rotatable bonds is 6. The van der Waals surface area contributed by atoms with Crippen molar-refractivity contribution in [2.45, 2.75) is 0 Å². The molecule has 63 heavy (non-hydrogen) atoms. The van der Waals surface area contributed by atoms with Crippen molar-refractivity contribution in [2.75, 3.05) is 0 Å². The van der Waals surface area contributed by atoms with Gasteiger partial charge in [0.15, 0.2) is 0 Å². The zero-order valence-corrected chi connectivity index (χ0v) is 35.8. The van der Waals surface area contributed by atoms with E-state index in [1.807, 2.05) is 22.7 Å². The highest BCUT2D eigenvalue weighted by molar-refractivity contribution is 7.26. The number of hydrogen-bond donors (Lipinski definition) is 0. The van der Waals surface area contributed by atoms with Crippen LogP contribution in [0.3, 0.4) is 0 Å². The molecule has 0 aliphatic carbocycles. The third-order valence-electron chi connectivity index (χ3n) is 12.8. The van der Waals surface area contributed by atoms with Gasteiger partial charge >= 0.3 is 0 Å². The summed E-state index contributed by atoms with van der Waals surface area (Å²) in [5.41, 5.74) is 15.9. The maximum absolute atomic E-state index is 2.44.